The van der Waals surface area contributed by atoms with E-state index in [1.165, 1.54) is 0 Å². The van der Waals surface area contributed by atoms with Crippen LogP contribution in [0, 0.1) is 22.7 Å². The average molecular weight is 655 g/mol. The van der Waals surface area contributed by atoms with Crippen LogP contribution in [0.2, 0.25) is 10.0 Å². The summed E-state index contributed by atoms with van der Waals surface area (Å²) in [6.45, 7) is 1.63. The van der Waals surface area contributed by atoms with Crippen LogP contribution >= 0.6 is 23.2 Å². The fourth-order valence-electron chi connectivity index (χ4n) is 6.44. The van der Waals surface area contributed by atoms with Crippen molar-refractivity contribution in [2.45, 2.75) is 56.4 Å². The third-order valence-electron chi connectivity index (χ3n) is 8.65. The summed E-state index contributed by atoms with van der Waals surface area (Å²) in [6, 6.07) is 22.1. The number of benzene rings is 3. The molecule has 2 N–H and O–H groups in total. The van der Waals surface area contributed by atoms with Crippen LogP contribution in [0.5, 0.6) is 0 Å². The fraction of sp³-hybridized carbons (Fsp3) is 0.364. The van der Waals surface area contributed by atoms with Crippen molar-refractivity contribution < 1.29 is 23.1 Å². The van der Waals surface area contributed by atoms with Gasteiger partial charge in [0, 0.05) is 28.5 Å². The van der Waals surface area contributed by atoms with Crippen LogP contribution in [0.15, 0.2) is 72.8 Å². The van der Waals surface area contributed by atoms with Crippen LogP contribution in [0.1, 0.15) is 66.8 Å². The standard InChI is InChI=1S/C33H33Cl2N3O5S/c1-33(17-30(39)40)16-28(23-7-4-8-27(35)15-23)31(22-11-13-26(34)14-12-22)38(32(33)41)29(21-9-10-21)19-37-44(42,43)20-25-6-3-2-5-24(25)18-36/h2-8,11-15,21,28-29,31,37H,9-10,16-17,19-20H2,1H3,(H,39,40)/t28-,29-,31-,33-/m1/s1. The summed E-state index contributed by atoms with van der Waals surface area (Å²) in [4.78, 5) is 28.4. The third-order valence-corrected chi connectivity index (χ3v) is 10.4. The minimum atomic E-state index is -3.90. The number of carbonyl (C=O) groups excluding carboxylic acids is 1. The van der Waals surface area contributed by atoms with Crippen LogP contribution in [-0.2, 0) is 25.4 Å². The zero-order chi connectivity index (χ0) is 31.6. The number of rotatable bonds is 11. The van der Waals surface area contributed by atoms with Gasteiger partial charge in [-0.05, 0) is 72.2 Å². The number of halogens is 2. The van der Waals surface area contributed by atoms with Gasteiger partial charge in [-0.2, -0.15) is 5.26 Å². The van der Waals surface area contributed by atoms with Gasteiger partial charge in [0.25, 0.3) is 0 Å². The Hall–Kier alpha value is -3.42. The lowest BCUT2D eigenvalue weighted by Gasteiger charge is -2.52. The number of sulfonamides is 1. The largest absolute Gasteiger partial charge is 0.481 e. The molecule has 2 fully saturated rings. The topological polar surface area (TPSA) is 128 Å². The van der Waals surface area contributed by atoms with E-state index in [-0.39, 0.29) is 48.4 Å². The summed E-state index contributed by atoms with van der Waals surface area (Å²) < 4.78 is 29.4. The number of nitriles is 1. The molecule has 4 atom stereocenters. The van der Waals surface area contributed by atoms with E-state index in [1.54, 1.807) is 54.3 Å². The number of carboxylic acid groups (broad SMARTS) is 1. The molecule has 11 heteroatoms. The molecule has 0 radical (unpaired) electrons. The van der Waals surface area contributed by atoms with Gasteiger partial charge in [0.05, 0.1) is 35.3 Å². The lowest BCUT2D eigenvalue weighted by atomic mass is 9.67. The Balaban J connectivity index is 1.57. The minimum Gasteiger partial charge on any atom is -0.481 e. The van der Waals surface area contributed by atoms with Crippen molar-refractivity contribution in [1.29, 1.82) is 5.26 Å². The smallest absolute Gasteiger partial charge is 0.304 e. The van der Waals surface area contributed by atoms with Gasteiger partial charge in [-0.1, -0.05) is 72.6 Å². The number of hydrogen-bond donors (Lipinski definition) is 2. The number of aliphatic carboxylic acids is 1. The molecule has 44 heavy (non-hydrogen) atoms. The normalized spacial score (nSPS) is 22.8. The van der Waals surface area contributed by atoms with Gasteiger partial charge < -0.3 is 10.0 Å². The van der Waals surface area contributed by atoms with E-state index in [0.717, 1.165) is 24.0 Å². The molecule has 0 unspecified atom stereocenters. The van der Waals surface area contributed by atoms with Crippen LogP contribution in [0.25, 0.3) is 0 Å². The highest BCUT2D eigenvalue weighted by molar-refractivity contribution is 7.88. The number of nitrogens with zero attached hydrogens (tertiary/aromatic N) is 2. The average Bonchev–Trinajstić information content (AvgIpc) is 3.81. The van der Waals surface area contributed by atoms with Crippen molar-refractivity contribution in [2.24, 2.45) is 11.3 Å². The molecule has 0 aromatic heterocycles. The highest BCUT2D eigenvalue weighted by atomic mass is 35.5. The Labute approximate surface area is 267 Å². The van der Waals surface area contributed by atoms with Gasteiger partial charge in [0.15, 0.2) is 0 Å². The number of carbonyl (C=O) groups is 2. The second-order valence-electron chi connectivity index (χ2n) is 12.0. The van der Waals surface area contributed by atoms with E-state index in [9.17, 15) is 28.4 Å². The van der Waals surface area contributed by atoms with Gasteiger partial charge in [-0.3, -0.25) is 9.59 Å². The summed E-state index contributed by atoms with van der Waals surface area (Å²) in [7, 11) is -3.90. The predicted molar refractivity (Wildman–Crippen MR) is 169 cm³/mol. The van der Waals surface area contributed by atoms with E-state index in [1.807, 2.05) is 36.4 Å². The minimum absolute atomic E-state index is 0.0232. The quantitative estimate of drug-likeness (QED) is 0.250. The van der Waals surface area contributed by atoms with Gasteiger partial charge in [-0.25, -0.2) is 13.1 Å². The molecule has 1 amide bonds. The Morgan fingerprint density at radius 2 is 1.77 bits per heavy atom. The number of piperidine rings is 1. The SMILES string of the molecule is C[C@]1(CC(=O)O)C[C@H](c2cccc(Cl)c2)[C@@H](c2ccc(Cl)cc2)N([C@H](CNS(=O)(=O)Cc2ccccc2C#N)C2CC2)C1=O. The first-order valence-corrected chi connectivity index (χ1v) is 16.8. The Kier molecular flexibility index (Phi) is 9.38. The molecule has 230 valence electrons. The van der Waals surface area contributed by atoms with E-state index in [0.29, 0.717) is 15.6 Å². The predicted octanol–water partition coefficient (Wildman–Crippen LogP) is 6.30. The highest BCUT2D eigenvalue weighted by Gasteiger charge is 2.54. The molecular weight excluding hydrogens is 621 g/mol. The third kappa shape index (κ3) is 7.10. The zero-order valence-electron chi connectivity index (χ0n) is 24.1. The van der Waals surface area contributed by atoms with Crippen molar-refractivity contribution >= 4 is 45.1 Å². The highest BCUT2D eigenvalue weighted by Crippen LogP contribution is 2.54. The van der Waals surface area contributed by atoms with Gasteiger partial charge in [0.2, 0.25) is 15.9 Å². The molecule has 5 rings (SSSR count). The Morgan fingerprint density at radius 1 is 1.07 bits per heavy atom. The maximum absolute atomic E-state index is 14.5. The van der Waals surface area contributed by atoms with E-state index in [2.05, 4.69) is 4.72 Å². The molecule has 1 saturated carbocycles. The molecule has 0 bridgehead atoms. The lowest BCUT2D eigenvalue weighted by molar-refractivity contribution is -0.161. The molecular formula is C33H33Cl2N3O5S. The summed E-state index contributed by atoms with van der Waals surface area (Å²) in [5, 5.41) is 20.4. The van der Waals surface area contributed by atoms with Gasteiger partial charge in [-0.15, -0.1) is 0 Å². The van der Waals surface area contributed by atoms with E-state index >= 15 is 0 Å². The molecule has 1 heterocycles. The lowest BCUT2D eigenvalue weighted by Crippen LogP contribution is -2.59. The Morgan fingerprint density at radius 3 is 2.41 bits per heavy atom. The van der Waals surface area contributed by atoms with Crippen LogP contribution in [0.3, 0.4) is 0 Å². The second-order valence-corrected chi connectivity index (χ2v) is 14.7. The second kappa shape index (κ2) is 12.9. The molecule has 8 nitrogen and oxygen atoms in total. The molecule has 3 aromatic rings. The first-order chi connectivity index (χ1) is 20.9. The van der Waals surface area contributed by atoms with E-state index in [4.69, 9.17) is 23.2 Å². The molecule has 3 aromatic carbocycles. The maximum atomic E-state index is 14.5. The van der Waals surface area contributed by atoms with Crippen molar-refractivity contribution in [3.05, 3.63) is 105 Å². The van der Waals surface area contributed by atoms with Crippen molar-refractivity contribution in [1.82, 2.24) is 9.62 Å². The number of carboxylic acids is 1. The molecule has 1 aliphatic heterocycles. The summed E-state index contributed by atoms with van der Waals surface area (Å²) in [6.07, 6.45) is 1.49. The zero-order valence-corrected chi connectivity index (χ0v) is 26.4. The van der Waals surface area contributed by atoms with E-state index < -0.39 is 33.5 Å². The van der Waals surface area contributed by atoms with Crippen LogP contribution < -0.4 is 4.72 Å². The fourth-order valence-corrected chi connectivity index (χ4v) is 7.95. The number of nitrogens with one attached hydrogen (secondary N) is 1. The molecule has 0 spiro atoms. The van der Waals surface area contributed by atoms with Crippen molar-refractivity contribution in [3.63, 3.8) is 0 Å². The number of likely N-dealkylation sites (tertiary alicyclic amines) is 1. The van der Waals surface area contributed by atoms with Gasteiger partial charge >= 0.3 is 5.97 Å². The summed E-state index contributed by atoms with van der Waals surface area (Å²) in [5.74, 6) is -2.11. The number of hydrogen-bond acceptors (Lipinski definition) is 5. The first kappa shape index (κ1) is 32.0. The number of amides is 1. The molecule has 1 aliphatic carbocycles. The van der Waals surface area contributed by atoms with Crippen molar-refractivity contribution in [3.8, 4) is 6.07 Å². The monoisotopic (exact) mass is 653 g/mol. The Bertz CT molecular complexity index is 1700. The molecule has 2 aliphatic rings. The maximum Gasteiger partial charge on any atom is 0.304 e. The van der Waals surface area contributed by atoms with Crippen LogP contribution in [-0.4, -0.2) is 42.9 Å². The summed E-state index contributed by atoms with van der Waals surface area (Å²) in [5.41, 5.74) is 1.07. The van der Waals surface area contributed by atoms with Crippen LogP contribution in [0.4, 0.5) is 0 Å². The summed E-state index contributed by atoms with van der Waals surface area (Å²) >= 11 is 12.7. The first-order valence-electron chi connectivity index (χ1n) is 14.4. The molecule has 1 saturated heterocycles. The van der Waals surface area contributed by atoms with Gasteiger partial charge in [0.1, 0.15) is 0 Å². The van der Waals surface area contributed by atoms with Crippen molar-refractivity contribution in [2.75, 3.05) is 6.54 Å².